The molecule has 1 rings (SSSR count). The molecule has 0 fully saturated rings. The van der Waals surface area contributed by atoms with Crippen LogP contribution in [0.5, 0.6) is 0 Å². The zero-order valence-corrected chi connectivity index (χ0v) is 7.34. The summed E-state index contributed by atoms with van der Waals surface area (Å²) in [7, 11) is -1.88. The normalized spacial score (nSPS) is 11.1. The van der Waals surface area contributed by atoms with E-state index in [1.807, 2.05) is 0 Å². The van der Waals surface area contributed by atoms with E-state index in [4.69, 9.17) is 0 Å². The van der Waals surface area contributed by atoms with Crippen LogP contribution in [0.2, 0.25) is 0 Å². The molecule has 0 spiro atoms. The third-order valence-corrected chi connectivity index (χ3v) is 1.75. The van der Waals surface area contributed by atoms with E-state index in [0.717, 1.165) is 0 Å². The molecule has 0 aromatic carbocycles. The molecule has 1 heterocycles. The fourth-order valence-corrected chi connectivity index (χ4v) is 1.25. The summed E-state index contributed by atoms with van der Waals surface area (Å²) in [5.74, 6) is 0.530. The van der Waals surface area contributed by atoms with E-state index in [1.165, 1.54) is 0 Å². The van der Waals surface area contributed by atoms with Crippen LogP contribution >= 0.6 is 0 Å². The maximum absolute atomic E-state index is 11.2. The molecule has 60 valence electrons. The van der Waals surface area contributed by atoms with E-state index >= 15 is 0 Å². The molecule has 0 bridgehead atoms. The van der Waals surface area contributed by atoms with Gasteiger partial charge in [0.15, 0.2) is 5.82 Å². The van der Waals surface area contributed by atoms with Crippen molar-refractivity contribution in [3.05, 3.63) is 24.3 Å². The highest BCUT2D eigenvalue weighted by Gasteiger charge is 1.91. The van der Waals surface area contributed by atoms with Crippen molar-refractivity contribution < 1.29 is 4.21 Å². The Labute approximate surface area is 66.5 Å². The minimum atomic E-state index is -1.88. The Morgan fingerprint density at radius 2 is 1.91 bits per heavy atom. The molecule has 0 atom stereocenters. The van der Waals surface area contributed by atoms with Crippen LogP contribution in [-0.4, -0.2) is 32.1 Å². The zero-order valence-electron chi connectivity index (χ0n) is 6.52. The second kappa shape index (κ2) is 3.00. The molecule has 4 heteroatoms. The summed E-state index contributed by atoms with van der Waals surface area (Å²) in [6, 6.07) is 1.73. The standard InChI is InChI=1S/C7H10N2OS/c1-11(2,10)6-7-8-4-3-5-9-7/h3-6H,1-2H3. The van der Waals surface area contributed by atoms with E-state index in [2.05, 4.69) is 9.97 Å². The number of aromatic nitrogens is 2. The highest BCUT2D eigenvalue weighted by atomic mass is 32.2. The lowest BCUT2D eigenvalue weighted by atomic mass is 10.6. The Morgan fingerprint density at radius 1 is 1.36 bits per heavy atom. The smallest absolute Gasteiger partial charge is 0.159 e. The van der Waals surface area contributed by atoms with Gasteiger partial charge in [-0.3, -0.25) is 4.21 Å². The monoisotopic (exact) mass is 170 g/mol. The van der Waals surface area contributed by atoms with Gasteiger partial charge in [0.2, 0.25) is 0 Å². The maximum Gasteiger partial charge on any atom is 0.159 e. The van der Waals surface area contributed by atoms with Gasteiger partial charge in [-0.05, 0) is 15.6 Å². The first kappa shape index (κ1) is 8.20. The minimum Gasteiger partial charge on any atom is -0.268 e. The first-order chi connectivity index (χ1) is 5.08. The van der Waals surface area contributed by atoms with Gasteiger partial charge in [-0.2, -0.15) is 0 Å². The maximum atomic E-state index is 11.2. The Bertz CT molecular complexity index is 331. The third-order valence-electron chi connectivity index (χ3n) is 0.975. The Kier molecular flexibility index (Phi) is 2.24. The highest BCUT2D eigenvalue weighted by Crippen LogP contribution is 1.84. The average Bonchev–Trinajstić information content (AvgIpc) is 1.85. The molecule has 11 heavy (non-hydrogen) atoms. The largest absolute Gasteiger partial charge is 0.268 e. The fourth-order valence-electron chi connectivity index (χ4n) is 0.625. The molecule has 0 saturated carbocycles. The quantitative estimate of drug-likeness (QED) is 0.564. The van der Waals surface area contributed by atoms with Crippen LogP contribution in [0.1, 0.15) is 5.82 Å². The van der Waals surface area contributed by atoms with E-state index in [0.29, 0.717) is 5.82 Å². The van der Waals surface area contributed by atoms with Crippen molar-refractivity contribution in [1.29, 1.82) is 0 Å². The molecular weight excluding hydrogens is 160 g/mol. The Morgan fingerprint density at radius 3 is 2.36 bits per heavy atom. The number of hydrogen-bond donors (Lipinski definition) is 0. The number of nitrogens with zero attached hydrogens (tertiary/aromatic N) is 2. The second-order valence-electron chi connectivity index (χ2n) is 2.53. The van der Waals surface area contributed by atoms with E-state index in [-0.39, 0.29) is 0 Å². The number of hydrogen-bond acceptors (Lipinski definition) is 3. The highest BCUT2D eigenvalue weighted by molar-refractivity contribution is 8.00. The van der Waals surface area contributed by atoms with Crippen molar-refractivity contribution in [3.8, 4) is 0 Å². The fraction of sp³-hybridized carbons (Fsp3) is 0.286. The molecule has 0 amide bonds. The van der Waals surface area contributed by atoms with E-state index < -0.39 is 9.52 Å². The third kappa shape index (κ3) is 3.13. The van der Waals surface area contributed by atoms with Crippen LogP contribution in [0.25, 0.3) is 0 Å². The summed E-state index contributed by atoms with van der Waals surface area (Å²) in [6.45, 7) is 0. The van der Waals surface area contributed by atoms with Crippen molar-refractivity contribution in [3.63, 3.8) is 0 Å². The van der Waals surface area contributed by atoms with Crippen molar-refractivity contribution in [1.82, 2.24) is 9.97 Å². The lowest BCUT2D eigenvalue weighted by Crippen LogP contribution is -2.01. The average molecular weight is 170 g/mol. The van der Waals surface area contributed by atoms with Crippen LogP contribution in [0, 0.1) is 0 Å². The minimum absolute atomic E-state index is 0.530. The molecule has 1 aromatic rings. The molecular formula is C7H10N2OS. The predicted molar refractivity (Wildman–Crippen MR) is 47.2 cm³/mol. The van der Waals surface area contributed by atoms with Gasteiger partial charge in [0, 0.05) is 30.3 Å². The van der Waals surface area contributed by atoms with E-state index in [9.17, 15) is 4.21 Å². The molecule has 3 nitrogen and oxygen atoms in total. The molecule has 0 radical (unpaired) electrons. The van der Waals surface area contributed by atoms with Crippen LogP contribution in [0.15, 0.2) is 18.5 Å². The van der Waals surface area contributed by atoms with Crippen LogP contribution in [0.4, 0.5) is 0 Å². The van der Waals surface area contributed by atoms with Crippen LogP contribution < -0.4 is 0 Å². The van der Waals surface area contributed by atoms with Crippen molar-refractivity contribution >= 4 is 14.9 Å². The lowest BCUT2D eigenvalue weighted by Gasteiger charge is -1.92. The second-order valence-corrected chi connectivity index (χ2v) is 5.39. The Hall–Kier alpha value is -0.900. The topological polar surface area (TPSA) is 42.9 Å². The summed E-state index contributed by atoms with van der Waals surface area (Å²) >= 11 is 0. The zero-order chi connectivity index (χ0) is 8.32. The summed E-state index contributed by atoms with van der Waals surface area (Å²) in [6.07, 6.45) is 6.57. The van der Waals surface area contributed by atoms with Gasteiger partial charge in [0.1, 0.15) is 0 Å². The molecule has 1 aromatic heterocycles. The van der Waals surface area contributed by atoms with Gasteiger partial charge < -0.3 is 0 Å². The first-order valence-electron chi connectivity index (χ1n) is 3.14. The molecule has 0 aliphatic heterocycles. The summed E-state index contributed by atoms with van der Waals surface area (Å²) in [5.41, 5.74) is 0. The summed E-state index contributed by atoms with van der Waals surface area (Å²) in [4.78, 5) is 7.84. The van der Waals surface area contributed by atoms with Crippen molar-refractivity contribution in [2.45, 2.75) is 0 Å². The molecule has 0 saturated heterocycles. The van der Waals surface area contributed by atoms with Gasteiger partial charge in [0.05, 0.1) is 0 Å². The summed E-state index contributed by atoms with van der Waals surface area (Å²) < 4.78 is 11.2. The van der Waals surface area contributed by atoms with Gasteiger partial charge in [-0.15, -0.1) is 0 Å². The first-order valence-corrected chi connectivity index (χ1v) is 5.58. The van der Waals surface area contributed by atoms with Gasteiger partial charge >= 0.3 is 0 Å². The van der Waals surface area contributed by atoms with Crippen molar-refractivity contribution in [2.75, 3.05) is 12.5 Å². The predicted octanol–water partition coefficient (Wildman–Crippen LogP) is 0.171. The van der Waals surface area contributed by atoms with Crippen LogP contribution in [-0.2, 0) is 9.52 Å². The molecule has 0 unspecified atom stereocenters. The van der Waals surface area contributed by atoms with Gasteiger partial charge in [-0.1, -0.05) is 0 Å². The molecule has 0 N–H and O–H groups in total. The van der Waals surface area contributed by atoms with Crippen molar-refractivity contribution in [2.24, 2.45) is 0 Å². The molecule has 0 aliphatic carbocycles. The van der Waals surface area contributed by atoms with Gasteiger partial charge in [0.25, 0.3) is 0 Å². The Balaban J connectivity index is 3.08. The SMILES string of the molecule is CS(C)(=O)=Cc1ncccn1. The number of rotatable bonds is 1. The lowest BCUT2D eigenvalue weighted by molar-refractivity contribution is 0.688. The van der Waals surface area contributed by atoms with E-state index in [1.54, 1.807) is 36.3 Å². The van der Waals surface area contributed by atoms with Crippen LogP contribution in [0.3, 0.4) is 0 Å². The summed E-state index contributed by atoms with van der Waals surface area (Å²) in [5, 5.41) is 1.58. The molecule has 0 aliphatic rings. The van der Waals surface area contributed by atoms with Gasteiger partial charge in [-0.25, -0.2) is 9.97 Å².